The van der Waals surface area contributed by atoms with E-state index < -0.39 is 10.8 Å². The maximum absolute atomic E-state index is 13.4. The van der Waals surface area contributed by atoms with Gasteiger partial charge >= 0.3 is 0 Å². The Morgan fingerprint density at radius 3 is 2.88 bits per heavy atom. The summed E-state index contributed by atoms with van der Waals surface area (Å²) in [6.07, 6.45) is 0. The molecule has 1 heterocycles. The monoisotopic (exact) mass is 241 g/mol. The van der Waals surface area contributed by atoms with E-state index in [1.807, 2.05) is 13.0 Å². The summed E-state index contributed by atoms with van der Waals surface area (Å²) in [6.45, 7) is 4.44. The fourth-order valence-corrected chi connectivity index (χ4v) is 3.08. The van der Waals surface area contributed by atoms with Gasteiger partial charge in [0.15, 0.2) is 0 Å². The van der Waals surface area contributed by atoms with Crippen LogP contribution in [0.25, 0.3) is 0 Å². The molecule has 1 fully saturated rings. The Morgan fingerprint density at radius 1 is 1.50 bits per heavy atom. The van der Waals surface area contributed by atoms with Crippen LogP contribution in [0, 0.1) is 12.7 Å². The molecular weight excluding hydrogens is 225 g/mol. The molecule has 2 rings (SSSR count). The molecule has 0 bridgehead atoms. The van der Waals surface area contributed by atoms with E-state index in [0.29, 0.717) is 11.3 Å². The van der Waals surface area contributed by atoms with Crippen molar-refractivity contribution in [3.8, 4) is 0 Å². The summed E-state index contributed by atoms with van der Waals surface area (Å²) in [7, 11) is -0.812. The molecule has 3 atom stereocenters. The van der Waals surface area contributed by atoms with E-state index in [4.69, 9.17) is 0 Å². The van der Waals surface area contributed by atoms with Gasteiger partial charge < -0.3 is 5.32 Å². The highest BCUT2D eigenvalue weighted by atomic mass is 32.2. The first-order valence-electron chi connectivity index (χ1n) is 5.44. The first kappa shape index (κ1) is 11.7. The van der Waals surface area contributed by atoms with Crippen molar-refractivity contribution in [1.82, 2.24) is 5.32 Å². The first-order chi connectivity index (χ1) is 7.58. The average Bonchev–Trinajstić information content (AvgIpc) is 2.26. The Kier molecular flexibility index (Phi) is 3.40. The number of hydrogen-bond acceptors (Lipinski definition) is 2. The second-order valence-electron chi connectivity index (χ2n) is 4.33. The maximum Gasteiger partial charge on any atom is 0.126 e. The fourth-order valence-electron chi connectivity index (χ4n) is 1.83. The molecule has 3 unspecified atom stereocenters. The van der Waals surface area contributed by atoms with Crippen LogP contribution in [0.2, 0.25) is 0 Å². The Hall–Kier alpha value is -0.740. The minimum Gasteiger partial charge on any atom is -0.308 e. The molecule has 1 aliphatic heterocycles. The van der Waals surface area contributed by atoms with Crippen LogP contribution in [-0.2, 0) is 10.8 Å². The van der Waals surface area contributed by atoms with Gasteiger partial charge in [0, 0.05) is 34.4 Å². The zero-order valence-corrected chi connectivity index (χ0v) is 10.3. The van der Waals surface area contributed by atoms with Crippen LogP contribution in [0.15, 0.2) is 18.2 Å². The molecule has 0 spiro atoms. The molecule has 16 heavy (non-hydrogen) atoms. The van der Waals surface area contributed by atoms with Crippen molar-refractivity contribution in [2.75, 3.05) is 12.3 Å². The number of benzene rings is 1. The highest BCUT2D eigenvalue weighted by Crippen LogP contribution is 2.21. The standard InChI is InChI=1S/C12H16FNOS/c1-8-3-4-10(5-11(8)13)12-7-16(15)9(2)6-14-12/h3-5,9,12,14H,6-7H2,1-2H3. The Bertz CT molecular complexity index is 421. The van der Waals surface area contributed by atoms with Gasteiger partial charge in [-0.05, 0) is 31.0 Å². The molecule has 1 aliphatic rings. The molecule has 1 aromatic rings. The first-order valence-corrected chi connectivity index (χ1v) is 6.82. The highest BCUT2D eigenvalue weighted by Gasteiger charge is 2.25. The van der Waals surface area contributed by atoms with Crippen LogP contribution in [0.4, 0.5) is 4.39 Å². The molecule has 0 aliphatic carbocycles. The third-order valence-corrected chi connectivity index (χ3v) is 4.76. The van der Waals surface area contributed by atoms with E-state index in [2.05, 4.69) is 5.32 Å². The summed E-state index contributed by atoms with van der Waals surface area (Å²) in [5, 5.41) is 3.49. The van der Waals surface area contributed by atoms with Gasteiger partial charge in [-0.25, -0.2) is 4.39 Å². The number of hydrogen-bond donors (Lipinski definition) is 1. The van der Waals surface area contributed by atoms with Crippen LogP contribution in [0.3, 0.4) is 0 Å². The van der Waals surface area contributed by atoms with Crippen LogP contribution in [-0.4, -0.2) is 21.8 Å². The zero-order valence-electron chi connectivity index (χ0n) is 9.50. The van der Waals surface area contributed by atoms with Gasteiger partial charge in [0.1, 0.15) is 5.82 Å². The van der Waals surface area contributed by atoms with Gasteiger partial charge in [0.05, 0.1) is 0 Å². The number of nitrogens with one attached hydrogen (secondary N) is 1. The van der Waals surface area contributed by atoms with Gasteiger partial charge in [0.2, 0.25) is 0 Å². The lowest BCUT2D eigenvalue weighted by Crippen LogP contribution is -2.41. The summed E-state index contributed by atoms with van der Waals surface area (Å²) in [6, 6.07) is 5.24. The Balaban J connectivity index is 2.18. The van der Waals surface area contributed by atoms with Gasteiger partial charge in [0.25, 0.3) is 0 Å². The normalized spacial score (nSPS) is 30.3. The highest BCUT2D eigenvalue weighted by molar-refractivity contribution is 7.85. The van der Waals surface area contributed by atoms with E-state index in [0.717, 1.165) is 12.1 Å². The molecule has 0 radical (unpaired) electrons. The van der Waals surface area contributed by atoms with Crippen LogP contribution in [0.5, 0.6) is 0 Å². The fraction of sp³-hybridized carbons (Fsp3) is 0.500. The van der Waals surface area contributed by atoms with Gasteiger partial charge in [-0.2, -0.15) is 0 Å². The van der Waals surface area contributed by atoms with Crippen LogP contribution < -0.4 is 5.32 Å². The van der Waals surface area contributed by atoms with Crippen molar-refractivity contribution in [3.63, 3.8) is 0 Å². The maximum atomic E-state index is 13.4. The molecule has 0 saturated carbocycles. The number of rotatable bonds is 1. The lowest BCUT2D eigenvalue weighted by Gasteiger charge is -2.27. The van der Waals surface area contributed by atoms with Gasteiger partial charge in [-0.15, -0.1) is 0 Å². The topological polar surface area (TPSA) is 29.1 Å². The largest absolute Gasteiger partial charge is 0.308 e. The SMILES string of the molecule is Cc1ccc(C2CS(=O)C(C)CN2)cc1F. The van der Waals surface area contributed by atoms with Gasteiger partial charge in [-0.3, -0.25) is 4.21 Å². The van der Waals surface area contributed by atoms with Crippen LogP contribution in [0.1, 0.15) is 24.1 Å². The van der Waals surface area contributed by atoms with E-state index in [-0.39, 0.29) is 17.1 Å². The van der Waals surface area contributed by atoms with Crippen molar-refractivity contribution in [1.29, 1.82) is 0 Å². The molecule has 1 saturated heterocycles. The minimum absolute atomic E-state index is 0.0205. The zero-order chi connectivity index (χ0) is 11.7. The number of aryl methyl sites for hydroxylation is 1. The van der Waals surface area contributed by atoms with Crippen molar-refractivity contribution < 1.29 is 8.60 Å². The van der Waals surface area contributed by atoms with Crippen molar-refractivity contribution in [2.24, 2.45) is 0 Å². The quantitative estimate of drug-likeness (QED) is 0.814. The molecule has 1 N–H and O–H groups in total. The average molecular weight is 241 g/mol. The molecule has 1 aromatic carbocycles. The summed E-state index contributed by atoms with van der Waals surface area (Å²) in [5.74, 6) is 0.382. The van der Waals surface area contributed by atoms with E-state index in [9.17, 15) is 8.60 Å². The van der Waals surface area contributed by atoms with E-state index in [1.54, 1.807) is 19.1 Å². The smallest absolute Gasteiger partial charge is 0.126 e. The molecule has 0 aromatic heterocycles. The Morgan fingerprint density at radius 2 is 2.25 bits per heavy atom. The molecule has 2 nitrogen and oxygen atoms in total. The van der Waals surface area contributed by atoms with E-state index in [1.165, 1.54) is 0 Å². The predicted octanol–water partition coefficient (Wildman–Crippen LogP) is 1.92. The van der Waals surface area contributed by atoms with Gasteiger partial charge in [-0.1, -0.05) is 12.1 Å². The third kappa shape index (κ3) is 2.33. The lowest BCUT2D eigenvalue weighted by molar-refractivity contribution is 0.535. The van der Waals surface area contributed by atoms with Crippen LogP contribution >= 0.6 is 0 Å². The predicted molar refractivity (Wildman–Crippen MR) is 64.4 cm³/mol. The second kappa shape index (κ2) is 4.63. The Labute approximate surface area is 97.7 Å². The lowest BCUT2D eigenvalue weighted by atomic mass is 10.1. The van der Waals surface area contributed by atoms with Crippen molar-refractivity contribution >= 4 is 10.8 Å². The molecular formula is C12H16FNOS. The molecule has 0 amide bonds. The summed E-state index contributed by atoms with van der Waals surface area (Å²) in [4.78, 5) is 0. The third-order valence-electron chi connectivity index (χ3n) is 3.03. The second-order valence-corrected chi connectivity index (χ2v) is 6.23. The number of halogens is 1. The summed E-state index contributed by atoms with van der Waals surface area (Å²) < 4.78 is 25.1. The molecule has 88 valence electrons. The van der Waals surface area contributed by atoms with Crippen molar-refractivity contribution in [3.05, 3.63) is 35.1 Å². The summed E-state index contributed by atoms with van der Waals surface area (Å²) in [5.41, 5.74) is 1.54. The summed E-state index contributed by atoms with van der Waals surface area (Å²) >= 11 is 0. The molecule has 4 heteroatoms. The minimum atomic E-state index is -0.812. The van der Waals surface area contributed by atoms with Crippen molar-refractivity contribution in [2.45, 2.75) is 25.1 Å². The van der Waals surface area contributed by atoms with E-state index >= 15 is 0 Å².